The van der Waals surface area contributed by atoms with Gasteiger partial charge in [0.1, 0.15) is 11.6 Å². The molecule has 30 heavy (non-hydrogen) atoms. The number of hydrogen-bond donors (Lipinski definition) is 3. The molecule has 0 saturated heterocycles. The first-order chi connectivity index (χ1) is 14.2. The first-order valence-corrected chi connectivity index (χ1v) is 9.30. The third kappa shape index (κ3) is 7.34. The molecule has 1 amide bonds. The predicted molar refractivity (Wildman–Crippen MR) is 106 cm³/mol. The van der Waals surface area contributed by atoms with E-state index >= 15 is 0 Å². The van der Waals surface area contributed by atoms with Crippen molar-refractivity contribution in [1.29, 1.82) is 0 Å². The molecule has 0 radical (unpaired) electrons. The van der Waals surface area contributed by atoms with Gasteiger partial charge in [-0.15, -0.1) is 0 Å². The maximum atomic E-state index is 13.2. The first-order valence-electron chi connectivity index (χ1n) is 9.30. The number of aryl methyl sites for hydroxylation is 1. The van der Waals surface area contributed by atoms with Crippen molar-refractivity contribution in [2.24, 2.45) is 4.99 Å². The summed E-state index contributed by atoms with van der Waals surface area (Å²) < 4.78 is 52.5. The summed E-state index contributed by atoms with van der Waals surface area (Å²) in [7, 11) is 0. The molecule has 0 spiro atoms. The standard InChI is InChI=1S/C20H23F4N5O/c1-3-25-19(26-10-9-18(30)29-17-6-4-5-13(2)28-17)27-12-14-7-8-15(21)11-16(14)20(22,23)24/h4-8,11H,3,9-10,12H2,1-2H3,(H2,25,26,27)(H,28,29,30). The van der Waals surface area contributed by atoms with Gasteiger partial charge in [-0.25, -0.2) is 14.4 Å². The Morgan fingerprint density at radius 1 is 1.17 bits per heavy atom. The lowest BCUT2D eigenvalue weighted by Crippen LogP contribution is -2.38. The molecular weight excluding hydrogens is 402 g/mol. The number of pyridine rings is 1. The van der Waals surface area contributed by atoms with Crippen molar-refractivity contribution in [2.75, 3.05) is 18.4 Å². The first kappa shape index (κ1) is 23.1. The zero-order chi connectivity index (χ0) is 22.1. The summed E-state index contributed by atoms with van der Waals surface area (Å²) in [6.07, 6.45) is -4.58. The van der Waals surface area contributed by atoms with Crippen molar-refractivity contribution in [1.82, 2.24) is 15.6 Å². The molecule has 10 heteroatoms. The van der Waals surface area contributed by atoms with E-state index in [1.54, 1.807) is 19.1 Å². The lowest BCUT2D eigenvalue weighted by atomic mass is 10.1. The van der Waals surface area contributed by atoms with Crippen molar-refractivity contribution in [3.05, 3.63) is 59.0 Å². The molecule has 162 valence electrons. The molecule has 0 saturated carbocycles. The van der Waals surface area contributed by atoms with E-state index in [-0.39, 0.29) is 36.9 Å². The molecule has 0 bridgehead atoms. The largest absolute Gasteiger partial charge is 0.416 e. The maximum Gasteiger partial charge on any atom is 0.416 e. The fraction of sp³-hybridized carbons (Fsp3) is 0.350. The second-order valence-electron chi connectivity index (χ2n) is 6.38. The lowest BCUT2D eigenvalue weighted by Gasteiger charge is -2.14. The summed E-state index contributed by atoms with van der Waals surface area (Å²) in [5, 5.41) is 8.45. The third-order valence-corrected chi connectivity index (χ3v) is 3.93. The van der Waals surface area contributed by atoms with Gasteiger partial charge in [-0.2, -0.15) is 13.2 Å². The van der Waals surface area contributed by atoms with Crippen LogP contribution in [0.25, 0.3) is 0 Å². The van der Waals surface area contributed by atoms with Gasteiger partial charge in [0.15, 0.2) is 5.96 Å². The Bertz CT molecular complexity index is 899. The molecule has 2 rings (SSSR count). The van der Waals surface area contributed by atoms with Crippen LogP contribution in [0, 0.1) is 12.7 Å². The van der Waals surface area contributed by atoms with E-state index in [1.807, 2.05) is 13.0 Å². The van der Waals surface area contributed by atoms with Gasteiger partial charge in [-0.3, -0.25) is 4.79 Å². The van der Waals surface area contributed by atoms with Crippen molar-refractivity contribution in [3.63, 3.8) is 0 Å². The van der Waals surface area contributed by atoms with Crippen LogP contribution in [-0.4, -0.2) is 29.9 Å². The van der Waals surface area contributed by atoms with Gasteiger partial charge in [0.25, 0.3) is 0 Å². The highest BCUT2D eigenvalue weighted by atomic mass is 19.4. The molecule has 0 aliphatic carbocycles. The van der Waals surface area contributed by atoms with E-state index in [1.165, 1.54) is 0 Å². The molecule has 0 aliphatic heterocycles. The predicted octanol–water partition coefficient (Wildman–Crippen LogP) is 3.63. The molecule has 6 nitrogen and oxygen atoms in total. The fourth-order valence-electron chi connectivity index (χ4n) is 2.57. The summed E-state index contributed by atoms with van der Waals surface area (Å²) in [5.41, 5.74) is -0.442. The molecule has 0 atom stereocenters. The second-order valence-corrected chi connectivity index (χ2v) is 6.38. The Kier molecular flexibility index (Phi) is 8.14. The number of rotatable bonds is 7. The summed E-state index contributed by atoms with van der Waals surface area (Å²) in [6.45, 7) is 3.98. The normalized spacial score (nSPS) is 11.9. The van der Waals surface area contributed by atoms with Gasteiger partial charge in [-0.05, 0) is 43.7 Å². The second kappa shape index (κ2) is 10.6. The fourth-order valence-corrected chi connectivity index (χ4v) is 2.57. The molecule has 1 aromatic carbocycles. The Hall–Kier alpha value is -3.17. The SMILES string of the molecule is CCNC(=NCc1ccc(F)cc1C(F)(F)F)NCCC(=O)Nc1cccc(C)n1. The number of carbonyl (C=O) groups is 1. The molecule has 2 aromatic rings. The van der Waals surface area contributed by atoms with Crippen molar-refractivity contribution in [2.45, 2.75) is 33.0 Å². The minimum Gasteiger partial charge on any atom is -0.357 e. The number of aliphatic imine (C=N–C) groups is 1. The smallest absolute Gasteiger partial charge is 0.357 e. The molecule has 0 aliphatic rings. The number of alkyl halides is 3. The van der Waals surface area contributed by atoms with Crippen LogP contribution < -0.4 is 16.0 Å². The molecular formula is C20H23F4N5O. The van der Waals surface area contributed by atoms with Gasteiger partial charge in [-0.1, -0.05) is 12.1 Å². The van der Waals surface area contributed by atoms with E-state index in [9.17, 15) is 22.4 Å². The van der Waals surface area contributed by atoms with E-state index < -0.39 is 17.6 Å². The minimum absolute atomic E-state index is 0.102. The van der Waals surface area contributed by atoms with Crippen molar-refractivity contribution < 1.29 is 22.4 Å². The van der Waals surface area contributed by atoms with Crippen LogP contribution in [-0.2, 0) is 17.5 Å². The zero-order valence-electron chi connectivity index (χ0n) is 16.6. The Morgan fingerprint density at radius 3 is 2.60 bits per heavy atom. The summed E-state index contributed by atoms with van der Waals surface area (Å²) >= 11 is 0. The van der Waals surface area contributed by atoms with Crippen LogP contribution in [0.4, 0.5) is 23.4 Å². The number of hydrogen-bond acceptors (Lipinski definition) is 3. The molecule has 0 fully saturated rings. The van der Waals surface area contributed by atoms with E-state index in [4.69, 9.17) is 0 Å². The van der Waals surface area contributed by atoms with Crippen LogP contribution in [0.1, 0.15) is 30.2 Å². The minimum atomic E-state index is -4.68. The highest BCUT2D eigenvalue weighted by Gasteiger charge is 2.33. The maximum absolute atomic E-state index is 13.2. The number of anilines is 1. The molecule has 0 unspecified atom stereocenters. The van der Waals surface area contributed by atoms with Gasteiger partial charge >= 0.3 is 6.18 Å². The van der Waals surface area contributed by atoms with Crippen LogP contribution in [0.15, 0.2) is 41.4 Å². The number of aromatic nitrogens is 1. The number of amides is 1. The lowest BCUT2D eigenvalue weighted by molar-refractivity contribution is -0.138. The molecule has 1 aromatic heterocycles. The number of carbonyl (C=O) groups excluding carboxylic acids is 1. The van der Waals surface area contributed by atoms with E-state index in [0.717, 1.165) is 17.8 Å². The number of halogens is 4. The van der Waals surface area contributed by atoms with E-state index in [0.29, 0.717) is 18.4 Å². The Balaban J connectivity index is 1.96. The topological polar surface area (TPSA) is 78.4 Å². The quantitative estimate of drug-likeness (QED) is 0.360. The Morgan fingerprint density at radius 2 is 1.93 bits per heavy atom. The highest BCUT2D eigenvalue weighted by molar-refractivity contribution is 5.90. The van der Waals surface area contributed by atoms with Gasteiger partial charge in [0, 0.05) is 25.2 Å². The van der Waals surface area contributed by atoms with E-state index in [2.05, 4.69) is 25.9 Å². The van der Waals surface area contributed by atoms with Crippen LogP contribution in [0.3, 0.4) is 0 Å². The number of nitrogens with one attached hydrogen (secondary N) is 3. The van der Waals surface area contributed by atoms with Gasteiger partial charge in [0.2, 0.25) is 5.91 Å². The highest BCUT2D eigenvalue weighted by Crippen LogP contribution is 2.32. The number of benzene rings is 1. The summed E-state index contributed by atoms with van der Waals surface area (Å²) in [4.78, 5) is 20.3. The van der Waals surface area contributed by atoms with Gasteiger partial charge < -0.3 is 16.0 Å². The van der Waals surface area contributed by atoms with Crippen LogP contribution in [0.5, 0.6) is 0 Å². The van der Waals surface area contributed by atoms with Crippen LogP contribution in [0.2, 0.25) is 0 Å². The summed E-state index contributed by atoms with van der Waals surface area (Å²) in [6, 6.07) is 7.73. The third-order valence-electron chi connectivity index (χ3n) is 3.93. The van der Waals surface area contributed by atoms with Crippen LogP contribution >= 0.6 is 0 Å². The number of nitrogens with zero attached hydrogens (tertiary/aromatic N) is 2. The molecule has 3 N–H and O–H groups in total. The average Bonchev–Trinajstić information content (AvgIpc) is 2.66. The Labute approximate surface area is 171 Å². The molecule has 1 heterocycles. The zero-order valence-corrected chi connectivity index (χ0v) is 16.6. The summed E-state index contributed by atoms with van der Waals surface area (Å²) in [5.74, 6) is -0.545. The average molecular weight is 425 g/mol. The van der Waals surface area contributed by atoms with Crippen molar-refractivity contribution in [3.8, 4) is 0 Å². The number of guanidine groups is 1. The monoisotopic (exact) mass is 425 g/mol. The van der Waals surface area contributed by atoms with Gasteiger partial charge in [0.05, 0.1) is 12.1 Å². The van der Waals surface area contributed by atoms with Crippen molar-refractivity contribution >= 4 is 17.7 Å².